The molecule has 1 atom stereocenters. The first-order valence-corrected chi connectivity index (χ1v) is 9.72. The van der Waals surface area contributed by atoms with E-state index in [1.54, 1.807) is 18.5 Å². The van der Waals surface area contributed by atoms with E-state index < -0.39 is 0 Å². The molecule has 2 aliphatic rings. The minimum Gasteiger partial charge on any atom is -0.465 e. The maximum atomic E-state index is 13.2. The van der Waals surface area contributed by atoms with Crippen molar-refractivity contribution < 1.29 is 13.7 Å². The highest BCUT2D eigenvalue weighted by atomic mass is 16.5. The molecule has 0 bridgehead atoms. The zero-order valence-corrected chi connectivity index (χ0v) is 15.7. The van der Waals surface area contributed by atoms with Crippen LogP contribution in [0.5, 0.6) is 0 Å². The van der Waals surface area contributed by atoms with Gasteiger partial charge in [0.15, 0.2) is 0 Å². The Kier molecular flexibility index (Phi) is 4.18. The monoisotopic (exact) mass is 379 g/mol. The molecule has 0 unspecified atom stereocenters. The maximum Gasteiger partial charge on any atom is 0.257 e. The lowest BCUT2D eigenvalue weighted by molar-refractivity contribution is 0.0787. The van der Waals surface area contributed by atoms with Crippen LogP contribution in [-0.2, 0) is 12.8 Å². The average Bonchev–Trinajstić information content (AvgIpc) is 3.45. The second kappa shape index (κ2) is 6.85. The molecule has 1 saturated heterocycles. The third kappa shape index (κ3) is 2.89. The molecular weight excluding hydrogens is 358 g/mol. The molecule has 0 saturated carbocycles. The number of fused-ring (bicyclic) bond motifs is 1. The third-order valence-corrected chi connectivity index (χ3v) is 5.59. The van der Waals surface area contributed by atoms with Gasteiger partial charge in [0.2, 0.25) is 17.5 Å². The largest absolute Gasteiger partial charge is 0.465 e. The summed E-state index contributed by atoms with van der Waals surface area (Å²) in [6, 6.07) is 1.74. The highest BCUT2D eigenvalue weighted by Gasteiger charge is 2.35. The third-order valence-electron chi connectivity index (χ3n) is 5.59. The van der Waals surface area contributed by atoms with Crippen LogP contribution in [-0.4, -0.2) is 44.0 Å². The van der Waals surface area contributed by atoms with Crippen molar-refractivity contribution in [1.82, 2.24) is 25.0 Å². The van der Waals surface area contributed by atoms with Gasteiger partial charge in [-0.1, -0.05) is 5.16 Å². The molecule has 0 spiro atoms. The summed E-state index contributed by atoms with van der Waals surface area (Å²) < 4.78 is 11.3. The molecule has 3 aromatic heterocycles. The lowest BCUT2D eigenvalue weighted by Gasteiger charge is -2.17. The summed E-state index contributed by atoms with van der Waals surface area (Å²) in [5.74, 6) is 3.15. The van der Waals surface area contributed by atoms with Crippen LogP contribution < -0.4 is 0 Å². The number of nitrogens with zero attached hydrogens (tertiary/aromatic N) is 5. The normalized spacial score (nSPS) is 19.0. The van der Waals surface area contributed by atoms with E-state index >= 15 is 0 Å². The van der Waals surface area contributed by atoms with Gasteiger partial charge in [-0.05, 0) is 38.7 Å². The van der Waals surface area contributed by atoms with Gasteiger partial charge in [-0.15, -0.1) is 0 Å². The van der Waals surface area contributed by atoms with Gasteiger partial charge in [0.25, 0.3) is 5.91 Å². The molecule has 8 heteroatoms. The minimum absolute atomic E-state index is 0.0249. The number of carbonyl (C=O) groups is 1. The van der Waals surface area contributed by atoms with Crippen molar-refractivity contribution in [3.8, 4) is 11.6 Å². The number of likely N-dealkylation sites (tertiary alicyclic amines) is 1. The van der Waals surface area contributed by atoms with E-state index in [1.807, 2.05) is 11.8 Å². The quantitative estimate of drug-likeness (QED) is 0.690. The van der Waals surface area contributed by atoms with Crippen molar-refractivity contribution >= 4 is 5.91 Å². The Morgan fingerprint density at radius 2 is 2.00 bits per heavy atom. The maximum absolute atomic E-state index is 13.2. The van der Waals surface area contributed by atoms with E-state index in [-0.39, 0.29) is 11.8 Å². The molecule has 5 rings (SSSR count). The van der Waals surface area contributed by atoms with Crippen molar-refractivity contribution in [2.24, 2.45) is 0 Å². The highest BCUT2D eigenvalue weighted by molar-refractivity contribution is 5.97. The predicted octanol–water partition coefficient (Wildman–Crippen LogP) is 2.94. The van der Waals surface area contributed by atoms with Crippen molar-refractivity contribution in [2.75, 3.05) is 13.1 Å². The average molecular weight is 379 g/mol. The number of rotatable bonds is 3. The summed E-state index contributed by atoms with van der Waals surface area (Å²) in [4.78, 5) is 27.8. The lowest BCUT2D eigenvalue weighted by atomic mass is 9.94. The van der Waals surface area contributed by atoms with Gasteiger partial charge in [-0.25, -0.2) is 9.97 Å². The standard InChI is InChI=1S/C20H21N5O3/c1-12-16(14-5-2-3-6-15(14)27-12)20(26)25-10-7-13(11-25)19-23-18(24-28-19)17-21-8-4-9-22-17/h4,8-9,13H,2-3,5-7,10-11H2,1H3/t13-/m1/s1. The van der Waals surface area contributed by atoms with Crippen molar-refractivity contribution in [3.63, 3.8) is 0 Å². The smallest absolute Gasteiger partial charge is 0.257 e. The van der Waals surface area contributed by atoms with Gasteiger partial charge in [0.05, 0.1) is 11.5 Å². The number of amides is 1. The molecule has 0 aromatic carbocycles. The van der Waals surface area contributed by atoms with Crippen LogP contribution in [0.4, 0.5) is 0 Å². The van der Waals surface area contributed by atoms with Crippen LogP contribution in [0.25, 0.3) is 11.6 Å². The molecule has 0 N–H and O–H groups in total. The number of carbonyl (C=O) groups excluding carboxylic acids is 1. The topological polar surface area (TPSA) is 98.2 Å². The molecule has 1 aliphatic carbocycles. The Morgan fingerprint density at radius 1 is 1.18 bits per heavy atom. The molecule has 28 heavy (non-hydrogen) atoms. The molecule has 1 fully saturated rings. The van der Waals surface area contributed by atoms with Gasteiger partial charge in [0, 0.05) is 37.5 Å². The van der Waals surface area contributed by atoms with Crippen LogP contribution in [0.2, 0.25) is 0 Å². The zero-order valence-electron chi connectivity index (χ0n) is 15.7. The highest BCUT2D eigenvalue weighted by Crippen LogP contribution is 2.33. The Hall–Kier alpha value is -3.03. The van der Waals surface area contributed by atoms with Gasteiger partial charge in [-0.2, -0.15) is 4.98 Å². The van der Waals surface area contributed by atoms with Crippen molar-refractivity contribution in [2.45, 2.75) is 44.9 Å². The van der Waals surface area contributed by atoms with E-state index in [0.29, 0.717) is 30.6 Å². The van der Waals surface area contributed by atoms with E-state index in [1.165, 1.54) is 0 Å². The lowest BCUT2D eigenvalue weighted by Crippen LogP contribution is -2.29. The molecule has 144 valence electrons. The number of hydrogen-bond acceptors (Lipinski definition) is 7. The number of furan rings is 1. The fourth-order valence-corrected chi connectivity index (χ4v) is 4.19. The molecule has 1 aliphatic heterocycles. The Balaban J connectivity index is 1.33. The van der Waals surface area contributed by atoms with Crippen molar-refractivity contribution in [3.05, 3.63) is 47.0 Å². The zero-order chi connectivity index (χ0) is 19.1. The molecule has 8 nitrogen and oxygen atoms in total. The molecule has 1 amide bonds. The molecule has 4 heterocycles. The fourth-order valence-electron chi connectivity index (χ4n) is 4.19. The van der Waals surface area contributed by atoms with Crippen LogP contribution in [0, 0.1) is 6.92 Å². The second-order valence-corrected chi connectivity index (χ2v) is 7.41. The summed E-state index contributed by atoms with van der Waals surface area (Å²) >= 11 is 0. The number of hydrogen-bond donors (Lipinski definition) is 0. The first-order chi connectivity index (χ1) is 13.7. The van der Waals surface area contributed by atoms with E-state index in [9.17, 15) is 4.79 Å². The first kappa shape index (κ1) is 17.1. The van der Waals surface area contributed by atoms with Crippen LogP contribution >= 0.6 is 0 Å². The van der Waals surface area contributed by atoms with Gasteiger partial charge >= 0.3 is 0 Å². The Bertz CT molecular complexity index is 1010. The van der Waals surface area contributed by atoms with Crippen LogP contribution in [0.3, 0.4) is 0 Å². The van der Waals surface area contributed by atoms with E-state index in [4.69, 9.17) is 8.94 Å². The molecular formula is C20H21N5O3. The summed E-state index contributed by atoms with van der Waals surface area (Å²) in [5.41, 5.74) is 1.87. The molecule has 3 aromatic rings. The van der Waals surface area contributed by atoms with Crippen molar-refractivity contribution in [1.29, 1.82) is 0 Å². The predicted molar refractivity (Wildman–Crippen MR) is 98.7 cm³/mol. The van der Waals surface area contributed by atoms with Gasteiger partial charge < -0.3 is 13.8 Å². The molecule has 0 radical (unpaired) electrons. The fraction of sp³-hybridized carbons (Fsp3) is 0.450. The Morgan fingerprint density at radius 3 is 2.86 bits per heavy atom. The minimum atomic E-state index is 0.0249. The van der Waals surface area contributed by atoms with E-state index in [2.05, 4.69) is 20.1 Å². The van der Waals surface area contributed by atoms with Crippen LogP contribution in [0.15, 0.2) is 27.4 Å². The van der Waals surface area contributed by atoms with Gasteiger partial charge in [0.1, 0.15) is 11.5 Å². The summed E-state index contributed by atoms with van der Waals surface area (Å²) in [6.45, 7) is 3.13. The Labute approximate surface area is 162 Å². The SMILES string of the molecule is Cc1oc2c(c1C(=O)N1CC[C@@H](c3nc(-c4ncccn4)no3)C1)CCCC2. The summed E-state index contributed by atoms with van der Waals surface area (Å²) in [5, 5.41) is 3.99. The summed E-state index contributed by atoms with van der Waals surface area (Å²) in [6.07, 6.45) is 8.17. The number of aromatic nitrogens is 4. The first-order valence-electron chi connectivity index (χ1n) is 9.72. The van der Waals surface area contributed by atoms with Crippen LogP contribution in [0.1, 0.15) is 58.5 Å². The van der Waals surface area contributed by atoms with Gasteiger partial charge in [-0.3, -0.25) is 4.79 Å². The second-order valence-electron chi connectivity index (χ2n) is 7.41. The number of aryl methyl sites for hydroxylation is 2. The van der Waals surface area contributed by atoms with E-state index in [0.717, 1.165) is 54.8 Å². The summed E-state index contributed by atoms with van der Waals surface area (Å²) in [7, 11) is 0.